The van der Waals surface area contributed by atoms with E-state index in [9.17, 15) is 4.79 Å². The molecular weight excluding hydrogens is 611 g/mol. The molecule has 238 valence electrons. The van der Waals surface area contributed by atoms with Crippen molar-refractivity contribution in [3.05, 3.63) is 208 Å². The number of ether oxygens (including phenoxy) is 1. The quantitative estimate of drug-likeness (QED) is 0.192. The largest absolute Gasteiger partial charge is 0.453 e. The number of hydrogen-bond donors (Lipinski definition) is 0. The van der Waals surface area contributed by atoms with Gasteiger partial charge in [-0.3, -0.25) is 4.79 Å². The van der Waals surface area contributed by atoms with E-state index in [4.69, 9.17) is 4.74 Å². The molecule has 3 nitrogen and oxygen atoms in total. The molecule has 3 aliphatic rings. The minimum Gasteiger partial charge on any atom is -0.453 e. The van der Waals surface area contributed by atoms with Crippen LogP contribution in [-0.2, 0) is 10.8 Å². The predicted octanol–water partition coefficient (Wildman–Crippen LogP) is 11.5. The monoisotopic (exact) mass is 643 g/mol. The van der Waals surface area contributed by atoms with Crippen LogP contribution in [-0.4, -0.2) is 5.78 Å². The van der Waals surface area contributed by atoms with Gasteiger partial charge in [0.15, 0.2) is 17.3 Å². The molecule has 0 aromatic heterocycles. The maximum Gasteiger partial charge on any atom is 0.193 e. The summed E-state index contributed by atoms with van der Waals surface area (Å²) in [5, 5.41) is 0. The smallest absolute Gasteiger partial charge is 0.193 e. The van der Waals surface area contributed by atoms with E-state index in [2.05, 4.69) is 134 Å². The minimum absolute atomic E-state index is 0.0679. The average molecular weight is 644 g/mol. The van der Waals surface area contributed by atoms with Gasteiger partial charge in [0.2, 0.25) is 0 Å². The molecule has 0 saturated heterocycles. The number of hydrogen-bond acceptors (Lipinski definition) is 3. The Kier molecular flexibility index (Phi) is 5.99. The average Bonchev–Trinajstić information content (AvgIpc) is 3.41. The molecule has 0 atom stereocenters. The summed E-state index contributed by atoms with van der Waals surface area (Å²) >= 11 is 0. The molecule has 0 saturated carbocycles. The standard InChI is InChI=1S/C47H33NO2/c1-46(2)37-19-9-6-16-33(37)34-28-29-42-44(43(34)46)48(40-22-12-13-23-41(40)50-42)32-26-24-31(25-27-32)47(30-14-4-3-5-15-30)38-20-10-7-17-35(38)45(49)36-18-8-11-21-39(36)47/h3-29H,1-2H3. The van der Waals surface area contributed by atoms with Gasteiger partial charge < -0.3 is 9.64 Å². The fourth-order valence-corrected chi connectivity index (χ4v) is 9.01. The van der Waals surface area contributed by atoms with Crippen molar-refractivity contribution in [2.45, 2.75) is 24.7 Å². The Morgan fingerprint density at radius 3 is 1.74 bits per heavy atom. The van der Waals surface area contributed by atoms with E-state index >= 15 is 0 Å². The number of para-hydroxylation sites is 2. The number of carbonyl (C=O) groups excluding carboxylic acids is 1. The summed E-state index contributed by atoms with van der Waals surface area (Å²) < 4.78 is 6.65. The fraction of sp³-hybridized carbons (Fsp3) is 0.0851. The van der Waals surface area contributed by atoms with Crippen LogP contribution >= 0.6 is 0 Å². The van der Waals surface area contributed by atoms with Gasteiger partial charge in [0.1, 0.15) is 0 Å². The summed E-state index contributed by atoms with van der Waals surface area (Å²) in [6.45, 7) is 4.64. The van der Waals surface area contributed by atoms with Crippen molar-refractivity contribution < 1.29 is 9.53 Å². The van der Waals surface area contributed by atoms with Gasteiger partial charge >= 0.3 is 0 Å². The fourth-order valence-electron chi connectivity index (χ4n) is 9.01. The molecule has 0 spiro atoms. The lowest BCUT2D eigenvalue weighted by Crippen LogP contribution is -2.38. The van der Waals surface area contributed by atoms with Crippen LogP contribution in [0.5, 0.6) is 11.5 Å². The highest BCUT2D eigenvalue weighted by Gasteiger charge is 2.47. The highest BCUT2D eigenvalue weighted by atomic mass is 16.5. The number of ketones is 1. The molecule has 1 aliphatic heterocycles. The van der Waals surface area contributed by atoms with Gasteiger partial charge in [-0.2, -0.15) is 0 Å². The van der Waals surface area contributed by atoms with E-state index in [0.717, 1.165) is 61.9 Å². The predicted molar refractivity (Wildman–Crippen MR) is 201 cm³/mol. The van der Waals surface area contributed by atoms with E-state index in [0.29, 0.717) is 0 Å². The minimum atomic E-state index is -0.688. The maximum absolute atomic E-state index is 14.0. The Balaban J connectivity index is 1.22. The molecule has 10 rings (SSSR count). The second kappa shape index (κ2) is 10.4. The maximum atomic E-state index is 14.0. The van der Waals surface area contributed by atoms with Gasteiger partial charge in [0.05, 0.1) is 16.8 Å². The third-order valence-corrected chi connectivity index (χ3v) is 11.1. The van der Waals surface area contributed by atoms with Crippen LogP contribution in [0.25, 0.3) is 11.1 Å². The number of carbonyl (C=O) groups is 1. The summed E-state index contributed by atoms with van der Waals surface area (Å²) in [4.78, 5) is 16.3. The van der Waals surface area contributed by atoms with Gasteiger partial charge in [-0.25, -0.2) is 0 Å². The van der Waals surface area contributed by atoms with Crippen LogP contribution in [0.15, 0.2) is 164 Å². The zero-order valence-corrected chi connectivity index (χ0v) is 27.9. The SMILES string of the molecule is CC1(C)c2ccccc2-c2ccc3c(c21)N(c1ccc(C2(c4ccccc4)c4ccccc4C(=O)c4ccccc42)cc1)c1ccccc1O3. The topological polar surface area (TPSA) is 29.5 Å². The van der Waals surface area contributed by atoms with Crippen LogP contribution in [0.2, 0.25) is 0 Å². The second-order valence-electron chi connectivity index (χ2n) is 14.0. The number of fused-ring (bicyclic) bond motifs is 8. The molecule has 7 aromatic rings. The van der Waals surface area contributed by atoms with Crippen molar-refractivity contribution in [1.82, 2.24) is 0 Å². The molecule has 0 radical (unpaired) electrons. The Hall–Kier alpha value is -6.19. The number of rotatable bonds is 3. The third kappa shape index (κ3) is 3.72. The van der Waals surface area contributed by atoms with Crippen molar-refractivity contribution in [2.24, 2.45) is 0 Å². The lowest BCUT2D eigenvalue weighted by molar-refractivity contribution is 0.103. The first-order valence-electron chi connectivity index (χ1n) is 17.2. The molecule has 0 unspecified atom stereocenters. The number of benzene rings is 7. The Morgan fingerprint density at radius 1 is 0.480 bits per heavy atom. The van der Waals surface area contributed by atoms with E-state index in [1.807, 2.05) is 48.5 Å². The van der Waals surface area contributed by atoms with Crippen molar-refractivity contribution in [3.63, 3.8) is 0 Å². The zero-order chi connectivity index (χ0) is 33.6. The normalized spacial score (nSPS) is 15.5. The van der Waals surface area contributed by atoms with Gasteiger partial charge in [-0.05, 0) is 74.8 Å². The van der Waals surface area contributed by atoms with Crippen molar-refractivity contribution in [3.8, 4) is 22.6 Å². The van der Waals surface area contributed by atoms with Crippen LogP contribution in [0, 0.1) is 0 Å². The Morgan fingerprint density at radius 2 is 1.04 bits per heavy atom. The number of nitrogens with zero attached hydrogens (tertiary/aromatic N) is 1. The second-order valence-corrected chi connectivity index (χ2v) is 14.0. The first kappa shape index (κ1) is 28.8. The molecule has 2 aliphatic carbocycles. The molecule has 3 heteroatoms. The lowest BCUT2D eigenvalue weighted by atomic mass is 9.59. The van der Waals surface area contributed by atoms with E-state index in [-0.39, 0.29) is 11.2 Å². The molecule has 0 fully saturated rings. The molecule has 1 heterocycles. The van der Waals surface area contributed by atoms with Gasteiger partial charge in [-0.15, -0.1) is 0 Å². The summed E-state index contributed by atoms with van der Waals surface area (Å²) in [5.41, 5.74) is 13.0. The zero-order valence-electron chi connectivity index (χ0n) is 27.9. The lowest BCUT2D eigenvalue weighted by Gasteiger charge is -2.42. The molecule has 50 heavy (non-hydrogen) atoms. The Bertz CT molecular complexity index is 2460. The van der Waals surface area contributed by atoms with Gasteiger partial charge in [-0.1, -0.05) is 147 Å². The summed E-state index contributed by atoms with van der Waals surface area (Å²) in [6.07, 6.45) is 0. The highest BCUT2D eigenvalue weighted by Crippen LogP contribution is 2.60. The molecule has 0 N–H and O–H groups in total. The van der Waals surface area contributed by atoms with E-state index < -0.39 is 5.41 Å². The van der Waals surface area contributed by atoms with Crippen LogP contribution in [0.1, 0.15) is 63.1 Å². The summed E-state index contributed by atoms with van der Waals surface area (Å²) in [6, 6.07) is 57.2. The Labute approximate surface area is 292 Å². The van der Waals surface area contributed by atoms with Crippen molar-refractivity contribution in [2.75, 3.05) is 4.90 Å². The summed E-state index contributed by atoms with van der Waals surface area (Å²) in [5.74, 6) is 1.74. The summed E-state index contributed by atoms with van der Waals surface area (Å²) in [7, 11) is 0. The van der Waals surface area contributed by atoms with Crippen molar-refractivity contribution >= 4 is 22.8 Å². The highest BCUT2D eigenvalue weighted by molar-refractivity contribution is 6.14. The van der Waals surface area contributed by atoms with Crippen molar-refractivity contribution in [1.29, 1.82) is 0 Å². The number of anilines is 3. The van der Waals surface area contributed by atoms with Gasteiger partial charge in [0, 0.05) is 22.2 Å². The molecule has 0 bridgehead atoms. The first-order chi connectivity index (χ1) is 24.5. The van der Waals surface area contributed by atoms with E-state index in [1.165, 1.54) is 22.3 Å². The van der Waals surface area contributed by atoms with Crippen LogP contribution in [0.4, 0.5) is 17.1 Å². The molecule has 0 amide bonds. The van der Waals surface area contributed by atoms with Crippen LogP contribution in [0.3, 0.4) is 0 Å². The van der Waals surface area contributed by atoms with Gasteiger partial charge in [0.25, 0.3) is 0 Å². The first-order valence-corrected chi connectivity index (χ1v) is 17.2. The molecule has 7 aromatic carbocycles. The molecular formula is C47H33NO2. The van der Waals surface area contributed by atoms with Crippen LogP contribution < -0.4 is 9.64 Å². The third-order valence-electron chi connectivity index (χ3n) is 11.1. The van der Waals surface area contributed by atoms with E-state index in [1.54, 1.807) is 0 Å².